The van der Waals surface area contributed by atoms with E-state index in [-0.39, 0.29) is 18.6 Å². The van der Waals surface area contributed by atoms with Crippen molar-refractivity contribution in [3.63, 3.8) is 0 Å². The molecular weight excluding hydrogens is 256 g/mol. The second-order valence-electron chi connectivity index (χ2n) is 5.23. The molecule has 110 valence electrons. The average molecular weight is 278 g/mol. The highest BCUT2D eigenvalue weighted by molar-refractivity contribution is 5.93. The molecule has 1 aromatic rings. The number of ether oxygens (including phenoxy) is 1. The van der Waals surface area contributed by atoms with Crippen LogP contribution in [-0.4, -0.2) is 48.8 Å². The van der Waals surface area contributed by atoms with E-state index in [1.165, 1.54) is 0 Å². The highest BCUT2D eigenvalue weighted by Gasteiger charge is 2.15. The normalized spacial score (nSPS) is 15.7. The molecule has 5 heteroatoms. The van der Waals surface area contributed by atoms with Crippen LogP contribution < -0.4 is 10.1 Å². The smallest absolute Gasteiger partial charge is 0.224 e. The molecule has 0 radical (unpaired) electrons. The summed E-state index contributed by atoms with van der Waals surface area (Å²) >= 11 is 0. The lowest BCUT2D eigenvalue weighted by Gasteiger charge is -2.23. The fraction of sp³-hybridized carbons (Fsp3) is 0.533. The summed E-state index contributed by atoms with van der Waals surface area (Å²) in [7, 11) is 1.96. The molecule has 0 bridgehead atoms. The van der Waals surface area contributed by atoms with Crippen molar-refractivity contribution in [2.75, 3.05) is 32.1 Å². The van der Waals surface area contributed by atoms with Gasteiger partial charge in [-0.2, -0.15) is 0 Å². The molecule has 0 fully saturated rings. The van der Waals surface area contributed by atoms with Gasteiger partial charge in [0.25, 0.3) is 0 Å². The number of benzene rings is 1. The first-order chi connectivity index (χ1) is 9.60. The van der Waals surface area contributed by atoms with Gasteiger partial charge in [0.05, 0.1) is 6.61 Å². The summed E-state index contributed by atoms with van der Waals surface area (Å²) in [5.74, 6) is 0.899. The quantitative estimate of drug-likeness (QED) is 0.822. The van der Waals surface area contributed by atoms with E-state index in [1.807, 2.05) is 32.2 Å². The number of rotatable bonds is 6. The Labute approximate surface area is 119 Å². The van der Waals surface area contributed by atoms with Gasteiger partial charge in [-0.1, -0.05) is 0 Å². The largest absolute Gasteiger partial charge is 0.492 e. The van der Waals surface area contributed by atoms with Crippen molar-refractivity contribution in [2.24, 2.45) is 0 Å². The van der Waals surface area contributed by atoms with E-state index in [4.69, 9.17) is 9.84 Å². The van der Waals surface area contributed by atoms with Crippen molar-refractivity contribution in [2.45, 2.75) is 25.8 Å². The molecule has 0 saturated carbocycles. The lowest BCUT2D eigenvalue weighted by molar-refractivity contribution is -0.116. The van der Waals surface area contributed by atoms with Gasteiger partial charge in [-0.05, 0) is 44.2 Å². The zero-order valence-corrected chi connectivity index (χ0v) is 12.1. The van der Waals surface area contributed by atoms with Gasteiger partial charge in [-0.3, -0.25) is 9.69 Å². The number of fused-ring (bicyclic) bond motifs is 1. The van der Waals surface area contributed by atoms with Crippen LogP contribution in [0.25, 0.3) is 0 Å². The number of hydrogen-bond acceptors (Lipinski definition) is 4. The number of nitrogens with zero attached hydrogens (tertiary/aromatic N) is 1. The summed E-state index contributed by atoms with van der Waals surface area (Å²) in [6, 6.07) is 5.89. The Morgan fingerprint density at radius 2 is 2.25 bits per heavy atom. The van der Waals surface area contributed by atoms with Crippen molar-refractivity contribution >= 4 is 11.6 Å². The van der Waals surface area contributed by atoms with Crippen LogP contribution in [0.4, 0.5) is 5.69 Å². The maximum atomic E-state index is 11.3. The molecule has 1 aliphatic rings. The minimum Gasteiger partial charge on any atom is -0.492 e. The minimum absolute atomic E-state index is 0.0748. The topological polar surface area (TPSA) is 61.8 Å². The average Bonchev–Trinajstić information content (AvgIpc) is 2.46. The molecule has 0 saturated heterocycles. The van der Waals surface area contributed by atoms with E-state index >= 15 is 0 Å². The summed E-state index contributed by atoms with van der Waals surface area (Å²) < 4.78 is 5.73. The van der Waals surface area contributed by atoms with Crippen LogP contribution in [0.5, 0.6) is 5.75 Å². The molecule has 1 aliphatic heterocycles. The van der Waals surface area contributed by atoms with Crippen molar-refractivity contribution in [1.29, 1.82) is 0 Å². The third-order valence-corrected chi connectivity index (χ3v) is 3.70. The molecular formula is C15H22N2O3. The molecule has 1 unspecified atom stereocenters. The summed E-state index contributed by atoms with van der Waals surface area (Å²) in [5.41, 5.74) is 2.01. The Morgan fingerprint density at radius 1 is 1.45 bits per heavy atom. The standard InChI is InChI=1S/C15H22N2O3/c1-11(10-18)17(2)7-8-20-13-4-5-14-12(9-13)3-6-15(19)16-14/h4-5,9,11,18H,3,6-8,10H2,1-2H3,(H,16,19). The number of hydrogen-bond donors (Lipinski definition) is 2. The number of aryl methyl sites for hydroxylation is 1. The van der Waals surface area contributed by atoms with Gasteiger partial charge < -0.3 is 15.2 Å². The van der Waals surface area contributed by atoms with E-state index in [9.17, 15) is 4.79 Å². The van der Waals surface area contributed by atoms with E-state index in [0.717, 1.165) is 30.0 Å². The first kappa shape index (κ1) is 14.8. The van der Waals surface area contributed by atoms with Gasteiger partial charge in [0.2, 0.25) is 5.91 Å². The molecule has 5 nitrogen and oxygen atoms in total. The van der Waals surface area contributed by atoms with Gasteiger partial charge in [0.15, 0.2) is 0 Å². The second kappa shape index (κ2) is 6.72. The first-order valence-electron chi connectivity index (χ1n) is 6.97. The Kier molecular flexibility index (Phi) is 4.98. The van der Waals surface area contributed by atoms with Crippen LogP contribution >= 0.6 is 0 Å². The second-order valence-corrected chi connectivity index (χ2v) is 5.23. The predicted molar refractivity (Wildman–Crippen MR) is 78.1 cm³/mol. The van der Waals surface area contributed by atoms with E-state index in [1.54, 1.807) is 0 Å². The predicted octanol–water partition coefficient (Wildman–Crippen LogP) is 1.26. The number of likely N-dealkylation sites (N-methyl/N-ethyl adjacent to an activating group) is 1. The van der Waals surface area contributed by atoms with Crippen LogP contribution in [0.1, 0.15) is 18.9 Å². The van der Waals surface area contributed by atoms with Crippen molar-refractivity contribution < 1.29 is 14.6 Å². The van der Waals surface area contributed by atoms with Crippen molar-refractivity contribution in [3.05, 3.63) is 23.8 Å². The van der Waals surface area contributed by atoms with Crippen molar-refractivity contribution in [3.8, 4) is 5.75 Å². The molecule has 0 spiro atoms. The molecule has 20 heavy (non-hydrogen) atoms. The maximum absolute atomic E-state index is 11.3. The summed E-state index contributed by atoms with van der Waals surface area (Å²) in [4.78, 5) is 13.3. The summed E-state index contributed by atoms with van der Waals surface area (Å²) in [5, 5.41) is 11.9. The number of anilines is 1. The molecule has 0 aromatic heterocycles. The first-order valence-corrected chi connectivity index (χ1v) is 6.97. The van der Waals surface area contributed by atoms with Crippen molar-refractivity contribution in [1.82, 2.24) is 4.90 Å². The molecule has 1 heterocycles. The number of amides is 1. The zero-order valence-electron chi connectivity index (χ0n) is 12.1. The number of aliphatic hydroxyl groups is 1. The SMILES string of the molecule is CC(CO)N(C)CCOc1ccc2c(c1)CCC(=O)N2. The minimum atomic E-state index is 0.0748. The Balaban J connectivity index is 1.87. The molecule has 1 aromatic carbocycles. The van der Waals surface area contributed by atoms with E-state index in [2.05, 4.69) is 10.2 Å². The van der Waals surface area contributed by atoms with E-state index < -0.39 is 0 Å². The molecule has 2 N–H and O–H groups in total. The molecule has 2 rings (SSSR count). The third kappa shape index (κ3) is 3.71. The third-order valence-electron chi connectivity index (χ3n) is 3.70. The highest BCUT2D eigenvalue weighted by Crippen LogP contribution is 2.26. The lowest BCUT2D eigenvalue weighted by Crippen LogP contribution is -2.35. The zero-order chi connectivity index (χ0) is 14.5. The molecule has 1 atom stereocenters. The summed E-state index contributed by atoms with van der Waals surface area (Å²) in [6.07, 6.45) is 1.30. The fourth-order valence-corrected chi connectivity index (χ4v) is 2.12. The molecule has 1 amide bonds. The fourth-order valence-electron chi connectivity index (χ4n) is 2.12. The molecule has 0 aliphatic carbocycles. The Morgan fingerprint density at radius 3 is 3.00 bits per heavy atom. The van der Waals surface area contributed by atoms with Crippen LogP contribution in [0.2, 0.25) is 0 Å². The Hall–Kier alpha value is -1.59. The Bertz CT molecular complexity index is 476. The van der Waals surface area contributed by atoms with Gasteiger partial charge in [0.1, 0.15) is 12.4 Å². The van der Waals surface area contributed by atoms with Gasteiger partial charge >= 0.3 is 0 Å². The van der Waals surface area contributed by atoms with Crippen LogP contribution in [0.15, 0.2) is 18.2 Å². The van der Waals surface area contributed by atoms with Crippen LogP contribution in [0.3, 0.4) is 0 Å². The maximum Gasteiger partial charge on any atom is 0.224 e. The number of carbonyl (C=O) groups excluding carboxylic acids is 1. The monoisotopic (exact) mass is 278 g/mol. The van der Waals surface area contributed by atoms with Crippen LogP contribution in [-0.2, 0) is 11.2 Å². The van der Waals surface area contributed by atoms with E-state index in [0.29, 0.717) is 13.0 Å². The number of nitrogens with one attached hydrogen (secondary N) is 1. The van der Waals surface area contributed by atoms with Gasteiger partial charge in [-0.15, -0.1) is 0 Å². The lowest BCUT2D eigenvalue weighted by atomic mass is 10.0. The number of carbonyl (C=O) groups is 1. The van der Waals surface area contributed by atoms with Crippen LogP contribution in [0, 0.1) is 0 Å². The van der Waals surface area contributed by atoms with Gasteiger partial charge in [0, 0.05) is 24.7 Å². The van der Waals surface area contributed by atoms with Gasteiger partial charge in [-0.25, -0.2) is 0 Å². The number of aliphatic hydroxyl groups excluding tert-OH is 1. The highest BCUT2D eigenvalue weighted by atomic mass is 16.5. The summed E-state index contributed by atoms with van der Waals surface area (Å²) in [6.45, 7) is 3.46.